The Balaban J connectivity index is 3.81. The van der Waals surface area contributed by atoms with Crippen LogP contribution >= 0.6 is 0 Å². The summed E-state index contributed by atoms with van der Waals surface area (Å²) in [5.41, 5.74) is 0. The molecule has 10 radical (unpaired) electrons. The molecule has 9 heteroatoms. The van der Waals surface area contributed by atoms with Gasteiger partial charge in [-0.05, 0) is 0 Å². The van der Waals surface area contributed by atoms with Gasteiger partial charge in [0, 0.05) is 64.3 Å². The van der Waals surface area contributed by atoms with E-state index in [9.17, 15) is 0 Å². The van der Waals surface area contributed by atoms with E-state index in [2.05, 4.69) is 0 Å². The summed E-state index contributed by atoms with van der Waals surface area (Å²) in [6.07, 6.45) is -1.34. The summed E-state index contributed by atoms with van der Waals surface area (Å²) in [7, 11) is 26.9. The number of hydrogen-bond acceptors (Lipinski definition) is 0. The maximum Gasteiger partial charge on any atom is 0.0413 e. The van der Waals surface area contributed by atoms with Gasteiger partial charge < -0.3 is 0 Å². The zero-order chi connectivity index (χ0) is 8.31. The Morgan fingerprint density at radius 3 is 1.30 bits per heavy atom. The van der Waals surface area contributed by atoms with Gasteiger partial charge in [0.05, 0.1) is 0 Å². The molecule has 34 valence electrons. The lowest BCUT2D eigenvalue weighted by Gasteiger charge is -2.20. The van der Waals surface area contributed by atoms with E-state index in [1.165, 1.54) is 0 Å². The predicted molar refractivity (Wildman–Crippen MR) is 57.6 cm³/mol. The Kier molecular flexibility index (Phi) is 4.72. The summed E-state index contributed by atoms with van der Waals surface area (Å²) in [6, 6.07) is 0. The fourth-order valence-corrected chi connectivity index (χ4v) is 0.607. The second-order valence-corrected chi connectivity index (χ2v) is 2.59. The summed E-state index contributed by atoms with van der Waals surface area (Å²) in [4.78, 5) is 0. The monoisotopic (exact) mass is 114 g/mol. The first kappa shape index (κ1) is 10.6. The highest BCUT2D eigenvalue weighted by Gasteiger charge is 2.23. The fourth-order valence-electron chi connectivity index (χ4n) is 0.607. The molecule has 0 unspecified atom stereocenters. The molecule has 0 aliphatic carbocycles. The summed E-state index contributed by atoms with van der Waals surface area (Å²) in [5.74, 6) is 0. The van der Waals surface area contributed by atoms with Crippen LogP contribution in [0, 0.1) is 0 Å². The van der Waals surface area contributed by atoms with Crippen molar-refractivity contribution in [2.45, 2.75) is 6.82 Å². The summed E-state index contributed by atoms with van der Waals surface area (Å²) < 4.78 is 0. The van der Waals surface area contributed by atoms with Crippen molar-refractivity contribution in [1.82, 2.24) is 0 Å². The molecule has 0 nitrogen and oxygen atoms in total. The van der Waals surface area contributed by atoms with Gasteiger partial charge in [0.2, 0.25) is 0 Å². The van der Waals surface area contributed by atoms with Gasteiger partial charge in [-0.25, -0.2) is 0 Å². The van der Waals surface area contributed by atoms with Crippen LogP contribution in [-0.4, -0.2) is 64.3 Å². The van der Waals surface area contributed by atoms with Gasteiger partial charge in [0.25, 0.3) is 0 Å². The smallest absolute Gasteiger partial charge is 0.0413 e. The Morgan fingerprint density at radius 2 is 1.20 bits per heavy atom. The minimum absolute atomic E-state index is 0.0556. The molecule has 0 N–H and O–H groups in total. The van der Waals surface area contributed by atoms with Crippen LogP contribution in [0.1, 0.15) is 0 Å². The van der Waals surface area contributed by atoms with Crippen molar-refractivity contribution < 1.29 is 0 Å². The third kappa shape index (κ3) is 3.12. The molecular weight excluding hydrogens is 109 g/mol. The molecule has 0 bridgehead atoms. The van der Waals surface area contributed by atoms with Gasteiger partial charge >= 0.3 is 0 Å². The molecule has 10 heavy (non-hydrogen) atoms. The van der Waals surface area contributed by atoms with E-state index in [4.69, 9.17) is 38.7 Å². The first-order valence-electron chi connectivity index (χ1n) is 3.24. The Hall–Kier alpha value is 0.584. The fraction of sp³-hybridized carbons (Fsp3) is 1.00. The van der Waals surface area contributed by atoms with Crippen LogP contribution in [0.25, 0.3) is 0 Å². The lowest BCUT2D eigenvalue weighted by molar-refractivity contribution is 2.33. The highest BCUT2D eigenvalue weighted by molar-refractivity contribution is 7.91. The zero-order valence-electron chi connectivity index (χ0n) is 6.20. The standard InChI is InChI=1S/CH3B9/c1-7(8(2)3)10(6)9(4)5/h1H3. The van der Waals surface area contributed by atoms with Crippen LogP contribution in [0.4, 0.5) is 0 Å². The van der Waals surface area contributed by atoms with Gasteiger partial charge in [-0.3, -0.25) is 0 Å². The van der Waals surface area contributed by atoms with Crippen LogP contribution in [-0.2, 0) is 0 Å². The Morgan fingerprint density at radius 1 is 0.800 bits per heavy atom. The van der Waals surface area contributed by atoms with E-state index in [1.54, 1.807) is 0 Å². The molecule has 0 atom stereocenters. The van der Waals surface area contributed by atoms with Gasteiger partial charge in [0.15, 0.2) is 0 Å². The van der Waals surface area contributed by atoms with E-state index >= 15 is 0 Å². The third-order valence-corrected chi connectivity index (χ3v) is 1.66. The molecule has 0 aromatic carbocycles. The van der Waals surface area contributed by atoms with Crippen LogP contribution in [0.2, 0.25) is 6.82 Å². The van der Waals surface area contributed by atoms with Crippen LogP contribution in [0.15, 0.2) is 0 Å². The quantitative estimate of drug-likeness (QED) is 0.345. The first-order chi connectivity index (χ1) is 4.46. The van der Waals surface area contributed by atoms with Gasteiger partial charge in [-0.2, -0.15) is 0 Å². The highest BCUT2D eigenvalue weighted by atomic mass is 13.2. The van der Waals surface area contributed by atoms with E-state index in [1.807, 2.05) is 6.82 Å². The van der Waals surface area contributed by atoms with Crippen molar-refractivity contribution in [1.29, 1.82) is 0 Å². The number of rotatable bonds is 3. The van der Waals surface area contributed by atoms with Crippen LogP contribution in [0.3, 0.4) is 0 Å². The summed E-state index contributed by atoms with van der Waals surface area (Å²) >= 11 is 0. The Labute approximate surface area is 71.7 Å². The SMILES string of the molecule is [B]B([B])B([B])B(C)B([B])[B]. The maximum absolute atomic E-state index is 5.55. The maximum atomic E-state index is 5.55. The lowest BCUT2D eigenvalue weighted by Crippen LogP contribution is -2.57. The van der Waals surface area contributed by atoms with Gasteiger partial charge in [0.1, 0.15) is 0 Å². The van der Waals surface area contributed by atoms with Crippen molar-refractivity contribution >= 4 is 64.3 Å². The topological polar surface area (TPSA) is 0 Å². The molecule has 0 heterocycles. The van der Waals surface area contributed by atoms with Gasteiger partial charge in [-0.1, -0.05) is 0 Å². The molecule has 0 aliphatic rings. The average molecular weight is 112 g/mol. The molecule has 0 spiro atoms. The molecule has 0 saturated heterocycles. The molecule has 0 fully saturated rings. The zero-order valence-corrected chi connectivity index (χ0v) is 6.20. The second-order valence-electron chi connectivity index (χ2n) is 2.59. The largest absolute Gasteiger partial charge is 0.101 e. The summed E-state index contributed by atoms with van der Waals surface area (Å²) in [5, 5.41) is 0. The van der Waals surface area contributed by atoms with E-state index in [0.29, 0.717) is 0 Å². The van der Waals surface area contributed by atoms with Crippen LogP contribution in [0.5, 0.6) is 0 Å². The van der Waals surface area contributed by atoms with Crippen molar-refractivity contribution in [2.24, 2.45) is 0 Å². The first-order valence-corrected chi connectivity index (χ1v) is 3.24. The second kappa shape index (κ2) is 4.46. The van der Waals surface area contributed by atoms with Gasteiger partial charge in [-0.15, -0.1) is 6.82 Å². The molecule has 0 saturated carbocycles. The minimum atomic E-state index is -0.551. The molecular formula is CH3B9. The van der Waals surface area contributed by atoms with Crippen LogP contribution < -0.4 is 0 Å². The van der Waals surface area contributed by atoms with E-state index in [-0.39, 0.29) is 12.9 Å². The molecule has 0 aromatic rings. The van der Waals surface area contributed by atoms with Crippen molar-refractivity contribution in [3.63, 3.8) is 0 Å². The van der Waals surface area contributed by atoms with Crippen molar-refractivity contribution in [3.8, 4) is 0 Å². The molecule has 0 aromatic heterocycles. The average Bonchev–Trinajstić information content (AvgIpc) is 1.84. The van der Waals surface area contributed by atoms with Crippen molar-refractivity contribution in [3.05, 3.63) is 0 Å². The number of hydrogen-bond donors (Lipinski definition) is 0. The van der Waals surface area contributed by atoms with E-state index < -0.39 is 12.8 Å². The summed E-state index contributed by atoms with van der Waals surface area (Å²) in [6.45, 7) is 1.77. The molecule has 0 amide bonds. The minimum Gasteiger partial charge on any atom is -0.101 e. The Bertz CT molecular complexity index is 74.7. The normalized spacial score (nSPS) is 8.50. The molecule has 0 rings (SSSR count). The lowest BCUT2D eigenvalue weighted by atomic mass is 8.64. The van der Waals surface area contributed by atoms with Crippen molar-refractivity contribution in [2.75, 3.05) is 0 Å². The highest BCUT2D eigenvalue weighted by Crippen LogP contribution is 1.88. The third-order valence-electron chi connectivity index (χ3n) is 1.66. The van der Waals surface area contributed by atoms with E-state index in [0.717, 1.165) is 0 Å². The molecule has 0 aliphatic heterocycles. The predicted octanol–water partition coefficient (Wildman–Crippen LogP) is -2.84.